The number of rotatable bonds is 4. The van der Waals surface area contributed by atoms with Crippen molar-refractivity contribution in [3.63, 3.8) is 0 Å². The van der Waals surface area contributed by atoms with Crippen molar-refractivity contribution in [2.24, 2.45) is 0 Å². The minimum Gasteiger partial charge on any atom is -0.393 e. The zero-order valence-electron chi connectivity index (χ0n) is 9.91. The molecular weight excluding hydrogens is 392 g/mol. The predicted octanol–water partition coefficient (Wildman–Crippen LogP) is 4.61. The Labute approximate surface area is 152 Å². The van der Waals surface area contributed by atoms with E-state index < -0.39 is 11.9 Å². The van der Waals surface area contributed by atoms with Gasteiger partial charge in [-0.3, -0.25) is 9.59 Å². The van der Waals surface area contributed by atoms with Crippen LogP contribution in [0.15, 0.2) is 0 Å². The van der Waals surface area contributed by atoms with Gasteiger partial charge in [-0.05, 0) is 12.8 Å². The number of carbonyl (C=O) groups excluding carboxylic acids is 2. The molecule has 0 spiro atoms. The summed E-state index contributed by atoms with van der Waals surface area (Å²) < 4.78 is 4.45. The molecule has 0 amide bonds. The van der Waals surface area contributed by atoms with Crippen molar-refractivity contribution in [2.45, 2.75) is 39.5 Å². The summed E-state index contributed by atoms with van der Waals surface area (Å²) in [5.74, 6) is -0.822. The monoisotopic (exact) mass is 410 g/mol. The van der Waals surface area contributed by atoms with Gasteiger partial charge in [0.05, 0.1) is 0 Å². The van der Waals surface area contributed by atoms with E-state index in [9.17, 15) is 9.59 Å². The molecule has 0 unspecified atom stereocenters. The van der Waals surface area contributed by atoms with Crippen LogP contribution in [-0.4, -0.2) is 11.9 Å². The molecule has 0 aromatic heterocycles. The van der Waals surface area contributed by atoms with Gasteiger partial charge in [-0.1, -0.05) is 13.8 Å². The first kappa shape index (κ1) is 50.7. The Morgan fingerprint density at radius 2 is 0.889 bits per heavy atom. The summed E-state index contributed by atoms with van der Waals surface area (Å²) in [7, 11) is 0. The fourth-order valence-corrected chi connectivity index (χ4v) is 0.637. The summed E-state index contributed by atoms with van der Waals surface area (Å²) in [6, 6.07) is 0. The lowest BCUT2D eigenvalue weighted by Gasteiger charge is -1.98. The van der Waals surface area contributed by atoms with Crippen LogP contribution >= 0.6 is 86.8 Å². The zero-order valence-corrected chi connectivity index (χ0v) is 15.6. The average molecular weight is 413 g/mol. The van der Waals surface area contributed by atoms with Crippen molar-refractivity contribution in [1.29, 1.82) is 0 Å². The molecule has 120 valence electrons. The van der Waals surface area contributed by atoms with Crippen LogP contribution in [0.1, 0.15) is 39.5 Å². The van der Waals surface area contributed by atoms with Crippen LogP contribution < -0.4 is 0 Å². The quantitative estimate of drug-likeness (QED) is 0.499. The lowest BCUT2D eigenvalue weighted by atomic mass is 10.3. The van der Waals surface area contributed by atoms with Gasteiger partial charge in [0.2, 0.25) is 0 Å². The van der Waals surface area contributed by atoms with Gasteiger partial charge in [-0.25, -0.2) is 0 Å². The smallest absolute Gasteiger partial charge is 0.313 e. The zero-order chi connectivity index (χ0) is 8.69. The molecule has 0 aromatic rings. The van der Waals surface area contributed by atoms with Crippen molar-refractivity contribution >= 4 is 98.8 Å². The third kappa shape index (κ3) is 36.0. The van der Waals surface area contributed by atoms with E-state index in [4.69, 9.17) is 0 Å². The maximum Gasteiger partial charge on any atom is 0.313 e. The largest absolute Gasteiger partial charge is 0.393 e. The first-order valence-corrected chi connectivity index (χ1v) is 3.94. The molecule has 0 rings (SSSR count). The number of hydrogen-bond donors (Lipinski definition) is 0. The molecule has 0 aliphatic heterocycles. The molecule has 0 aliphatic carbocycles. The molecular formula is C8H21Cl7O3. The summed E-state index contributed by atoms with van der Waals surface area (Å²) in [4.78, 5) is 21.4. The van der Waals surface area contributed by atoms with E-state index >= 15 is 0 Å². The van der Waals surface area contributed by atoms with Crippen LogP contribution in [0, 0.1) is 0 Å². The second-order valence-corrected chi connectivity index (χ2v) is 2.35. The first-order chi connectivity index (χ1) is 5.20. The summed E-state index contributed by atoms with van der Waals surface area (Å²) >= 11 is 0. The average Bonchev–Trinajstić information content (AvgIpc) is 1.87. The number of esters is 2. The van der Waals surface area contributed by atoms with Crippen LogP contribution in [0.5, 0.6) is 0 Å². The van der Waals surface area contributed by atoms with E-state index in [1.807, 2.05) is 13.8 Å². The van der Waals surface area contributed by atoms with Gasteiger partial charge in [-0.15, -0.1) is 86.8 Å². The number of hydrogen-bond acceptors (Lipinski definition) is 3. The van der Waals surface area contributed by atoms with Crippen molar-refractivity contribution in [3.8, 4) is 0 Å². The fourth-order valence-electron chi connectivity index (χ4n) is 0.637. The highest BCUT2D eigenvalue weighted by Gasteiger charge is 2.06. The van der Waals surface area contributed by atoms with Crippen LogP contribution in [0.3, 0.4) is 0 Å². The topological polar surface area (TPSA) is 43.4 Å². The summed E-state index contributed by atoms with van der Waals surface area (Å²) in [6.07, 6.45) is 2.10. The predicted molar refractivity (Wildman–Crippen MR) is 91.7 cm³/mol. The van der Waals surface area contributed by atoms with E-state index in [0.717, 1.165) is 12.8 Å². The molecule has 0 aromatic carbocycles. The normalized spacial score (nSPS) is 5.67. The van der Waals surface area contributed by atoms with Crippen LogP contribution in [0.25, 0.3) is 0 Å². The van der Waals surface area contributed by atoms with Gasteiger partial charge in [0, 0.05) is 12.8 Å². The minimum absolute atomic E-state index is 0. The van der Waals surface area contributed by atoms with Crippen molar-refractivity contribution < 1.29 is 14.3 Å². The van der Waals surface area contributed by atoms with Crippen LogP contribution in [0.4, 0.5) is 0 Å². The molecule has 0 heterocycles. The van der Waals surface area contributed by atoms with E-state index in [0.29, 0.717) is 12.8 Å². The molecule has 0 saturated heterocycles. The molecule has 3 nitrogen and oxygen atoms in total. The van der Waals surface area contributed by atoms with Gasteiger partial charge in [0.25, 0.3) is 0 Å². The van der Waals surface area contributed by atoms with Crippen molar-refractivity contribution in [3.05, 3.63) is 0 Å². The second-order valence-electron chi connectivity index (χ2n) is 2.35. The minimum atomic E-state index is -0.411. The highest BCUT2D eigenvalue weighted by molar-refractivity contribution is 5.86. The third-order valence-corrected chi connectivity index (χ3v) is 1.14. The van der Waals surface area contributed by atoms with E-state index in [1.54, 1.807) is 0 Å². The molecule has 18 heavy (non-hydrogen) atoms. The Bertz CT molecular complexity index is 142. The first-order valence-electron chi connectivity index (χ1n) is 3.94. The van der Waals surface area contributed by atoms with Crippen LogP contribution in [0.2, 0.25) is 0 Å². The molecule has 0 aliphatic rings. The Morgan fingerprint density at radius 3 is 1.06 bits per heavy atom. The van der Waals surface area contributed by atoms with Gasteiger partial charge in [-0.2, -0.15) is 0 Å². The summed E-state index contributed by atoms with van der Waals surface area (Å²) in [5, 5.41) is 0. The summed E-state index contributed by atoms with van der Waals surface area (Å²) in [5.41, 5.74) is 0. The molecule has 0 radical (unpaired) electrons. The van der Waals surface area contributed by atoms with Crippen LogP contribution in [-0.2, 0) is 14.3 Å². The van der Waals surface area contributed by atoms with E-state index in [2.05, 4.69) is 4.74 Å². The summed E-state index contributed by atoms with van der Waals surface area (Å²) in [6.45, 7) is 3.73. The van der Waals surface area contributed by atoms with Crippen molar-refractivity contribution in [2.75, 3.05) is 0 Å². The van der Waals surface area contributed by atoms with Gasteiger partial charge < -0.3 is 4.74 Å². The maximum atomic E-state index is 10.7. The Morgan fingerprint density at radius 1 is 0.667 bits per heavy atom. The third-order valence-electron chi connectivity index (χ3n) is 1.14. The molecule has 0 fully saturated rings. The van der Waals surface area contributed by atoms with Crippen molar-refractivity contribution in [1.82, 2.24) is 0 Å². The number of carbonyl (C=O) groups is 2. The molecule has 0 atom stereocenters. The van der Waals surface area contributed by atoms with Gasteiger partial charge in [0.15, 0.2) is 0 Å². The van der Waals surface area contributed by atoms with E-state index in [1.165, 1.54) is 0 Å². The standard InChI is InChI=1S/C8H14O3.7ClH/c1-3-5-7(9)11-8(10)6-4-2;;;;;;;/h3-6H2,1-2H3;7*1H. The van der Waals surface area contributed by atoms with Gasteiger partial charge in [0.1, 0.15) is 0 Å². The highest BCUT2D eigenvalue weighted by Crippen LogP contribution is 1.95. The lowest BCUT2D eigenvalue weighted by Crippen LogP contribution is -2.10. The Balaban J connectivity index is -0.0000000238. The molecule has 0 bridgehead atoms. The van der Waals surface area contributed by atoms with Gasteiger partial charge >= 0.3 is 11.9 Å². The highest BCUT2D eigenvalue weighted by atomic mass is 35.5. The molecule has 0 saturated carbocycles. The maximum absolute atomic E-state index is 10.7. The SMILES string of the molecule is CCCC(=O)OC(=O)CCC.Cl.Cl.Cl.Cl.Cl.Cl.Cl. The number of ether oxygens (including phenoxy) is 1. The number of halogens is 7. The Hall–Kier alpha value is 1.17. The molecule has 10 heteroatoms. The second kappa shape index (κ2) is 36.2. The lowest BCUT2D eigenvalue weighted by molar-refractivity contribution is -0.159. The fraction of sp³-hybridized carbons (Fsp3) is 0.750. The van der Waals surface area contributed by atoms with E-state index in [-0.39, 0.29) is 86.8 Å². The molecule has 0 N–H and O–H groups in total. The Kier molecular flexibility index (Phi) is 102.